The van der Waals surface area contributed by atoms with Gasteiger partial charge in [0, 0.05) is 12.6 Å². The van der Waals surface area contributed by atoms with Crippen LogP contribution in [0.25, 0.3) is 0 Å². The van der Waals surface area contributed by atoms with E-state index in [0.717, 1.165) is 6.04 Å². The number of hydrogen-bond acceptors (Lipinski definition) is 2. The van der Waals surface area contributed by atoms with E-state index in [1.165, 1.54) is 58.4 Å². The Bertz CT molecular complexity index is 153. The van der Waals surface area contributed by atoms with Gasteiger partial charge in [0.2, 0.25) is 0 Å². The highest BCUT2D eigenvalue weighted by molar-refractivity contribution is 4.79. The topological polar surface area (TPSA) is 6.48 Å². The maximum atomic E-state index is 2.71. The van der Waals surface area contributed by atoms with Crippen molar-refractivity contribution in [2.45, 2.75) is 52.5 Å². The van der Waals surface area contributed by atoms with E-state index < -0.39 is 0 Å². The lowest BCUT2D eigenvalue weighted by atomic mass is 10.0. The summed E-state index contributed by atoms with van der Waals surface area (Å²) in [4.78, 5) is 5.28. The average Bonchev–Trinajstić information content (AvgIpc) is 2.28. The molecule has 90 valence electrons. The van der Waals surface area contributed by atoms with Crippen LogP contribution in [-0.2, 0) is 0 Å². The molecule has 1 saturated heterocycles. The molecule has 0 bridgehead atoms. The second kappa shape index (κ2) is 7.24. The third kappa shape index (κ3) is 4.12. The Morgan fingerprint density at radius 2 is 1.87 bits per heavy atom. The van der Waals surface area contributed by atoms with Crippen LogP contribution in [0.4, 0.5) is 0 Å². The smallest absolute Gasteiger partial charge is 0.0223 e. The number of hydrogen-bond donors (Lipinski definition) is 0. The van der Waals surface area contributed by atoms with Gasteiger partial charge in [0.1, 0.15) is 0 Å². The first-order valence-corrected chi connectivity index (χ1v) is 6.78. The Morgan fingerprint density at radius 3 is 2.47 bits per heavy atom. The van der Waals surface area contributed by atoms with Gasteiger partial charge in [0.15, 0.2) is 0 Å². The quantitative estimate of drug-likeness (QED) is 0.668. The van der Waals surface area contributed by atoms with Crippen molar-refractivity contribution in [3.63, 3.8) is 0 Å². The minimum absolute atomic E-state index is 0.832. The van der Waals surface area contributed by atoms with Crippen molar-refractivity contribution in [2.75, 3.05) is 32.7 Å². The van der Waals surface area contributed by atoms with E-state index in [9.17, 15) is 0 Å². The molecule has 0 aromatic heterocycles. The maximum absolute atomic E-state index is 2.71. The number of piperidine rings is 1. The Balaban J connectivity index is 2.40. The lowest BCUT2D eigenvalue weighted by molar-refractivity contribution is 0.108. The monoisotopic (exact) mass is 212 g/mol. The molecule has 0 aliphatic carbocycles. The largest absolute Gasteiger partial charge is 0.302 e. The third-order valence-corrected chi connectivity index (χ3v) is 3.62. The van der Waals surface area contributed by atoms with Gasteiger partial charge >= 0.3 is 0 Å². The second-order valence-corrected chi connectivity index (χ2v) is 4.67. The van der Waals surface area contributed by atoms with E-state index in [1.54, 1.807) is 0 Å². The van der Waals surface area contributed by atoms with Gasteiger partial charge in [-0.25, -0.2) is 0 Å². The van der Waals surface area contributed by atoms with E-state index >= 15 is 0 Å². The molecule has 0 N–H and O–H groups in total. The SMILES string of the molecule is CCCN1CCCCC1CN(CC)CC. The highest BCUT2D eigenvalue weighted by atomic mass is 15.2. The predicted molar refractivity (Wildman–Crippen MR) is 67.3 cm³/mol. The van der Waals surface area contributed by atoms with Crippen molar-refractivity contribution >= 4 is 0 Å². The molecule has 2 heteroatoms. The lowest BCUT2D eigenvalue weighted by Crippen LogP contribution is -2.46. The molecule has 0 amide bonds. The normalized spacial score (nSPS) is 23.6. The molecular weight excluding hydrogens is 184 g/mol. The summed E-state index contributed by atoms with van der Waals surface area (Å²) in [6.07, 6.45) is 5.56. The summed E-state index contributed by atoms with van der Waals surface area (Å²) in [6, 6.07) is 0.832. The lowest BCUT2D eigenvalue weighted by Gasteiger charge is -2.38. The molecule has 0 saturated carbocycles. The molecule has 1 unspecified atom stereocenters. The van der Waals surface area contributed by atoms with Gasteiger partial charge in [-0.3, -0.25) is 4.90 Å². The highest BCUT2D eigenvalue weighted by Crippen LogP contribution is 2.18. The van der Waals surface area contributed by atoms with Gasteiger partial charge in [0.25, 0.3) is 0 Å². The third-order valence-electron chi connectivity index (χ3n) is 3.62. The summed E-state index contributed by atoms with van der Waals surface area (Å²) >= 11 is 0. The molecule has 0 aromatic rings. The first-order valence-electron chi connectivity index (χ1n) is 6.78. The molecule has 1 heterocycles. The van der Waals surface area contributed by atoms with Crippen LogP contribution >= 0.6 is 0 Å². The van der Waals surface area contributed by atoms with Gasteiger partial charge in [-0.05, 0) is 45.4 Å². The number of likely N-dealkylation sites (N-methyl/N-ethyl adjacent to an activating group) is 1. The fraction of sp³-hybridized carbons (Fsp3) is 1.00. The Hall–Kier alpha value is -0.0800. The summed E-state index contributed by atoms with van der Waals surface area (Å²) in [5.41, 5.74) is 0. The zero-order chi connectivity index (χ0) is 11.1. The van der Waals surface area contributed by atoms with E-state index in [4.69, 9.17) is 0 Å². The van der Waals surface area contributed by atoms with E-state index in [2.05, 4.69) is 30.6 Å². The molecule has 1 aliphatic heterocycles. The molecule has 1 rings (SSSR count). The van der Waals surface area contributed by atoms with Crippen LogP contribution in [0.3, 0.4) is 0 Å². The first kappa shape index (κ1) is 13.0. The standard InChI is InChI=1S/C13H28N2/c1-4-10-15-11-8-7-9-13(15)12-14(5-2)6-3/h13H,4-12H2,1-3H3. The summed E-state index contributed by atoms with van der Waals surface area (Å²) in [5, 5.41) is 0. The summed E-state index contributed by atoms with van der Waals surface area (Å²) in [7, 11) is 0. The Morgan fingerprint density at radius 1 is 1.13 bits per heavy atom. The molecule has 1 aliphatic rings. The first-order chi connectivity index (χ1) is 7.31. The minimum Gasteiger partial charge on any atom is -0.302 e. The van der Waals surface area contributed by atoms with Crippen molar-refractivity contribution in [3.05, 3.63) is 0 Å². The van der Waals surface area contributed by atoms with Crippen LogP contribution < -0.4 is 0 Å². The van der Waals surface area contributed by atoms with Gasteiger partial charge < -0.3 is 4.90 Å². The zero-order valence-electron chi connectivity index (χ0n) is 10.8. The fourth-order valence-corrected chi connectivity index (χ4v) is 2.63. The van der Waals surface area contributed by atoms with Crippen molar-refractivity contribution < 1.29 is 0 Å². The van der Waals surface area contributed by atoms with E-state index in [-0.39, 0.29) is 0 Å². The van der Waals surface area contributed by atoms with Crippen LogP contribution in [0.15, 0.2) is 0 Å². The average molecular weight is 212 g/mol. The molecule has 0 radical (unpaired) electrons. The van der Waals surface area contributed by atoms with Crippen LogP contribution in [0.1, 0.15) is 46.5 Å². The number of rotatable bonds is 6. The van der Waals surface area contributed by atoms with Gasteiger partial charge in [0.05, 0.1) is 0 Å². The van der Waals surface area contributed by atoms with Gasteiger partial charge in [-0.2, -0.15) is 0 Å². The fourth-order valence-electron chi connectivity index (χ4n) is 2.63. The molecule has 2 nitrogen and oxygen atoms in total. The van der Waals surface area contributed by atoms with Crippen LogP contribution in [0.2, 0.25) is 0 Å². The molecule has 1 atom stereocenters. The van der Waals surface area contributed by atoms with Gasteiger partial charge in [-0.1, -0.05) is 27.2 Å². The van der Waals surface area contributed by atoms with Gasteiger partial charge in [-0.15, -0.1) is 0 Å². The van der Waals surface area contributed by atoms with Crippen LogP contribution in [-0.4, -0.2) is 48.6 Å². The molecule has 15 heavy (non-hydrogen) atoms. The maximum Gasteiger partial charge on any atom is 0.0223 e. The minimum atomic E-state index is 0.832. The van der Waals surface area contributed by atoms with Crippen molar-refractivity contribution in [2.24, 2.45) is 0 Å². The number of likely N-dealkylation sites (tertiary alicyclic amines) is 1. The van der Waals surface area contributed by atoms with Crippen molar-refractivity contribution in [1.29, 1.82) is 0 Å². The van der Waals surface area contributed by atoms with Crippen molar-refractivity contribution in [3.8, 4) is 0 Å². The molecular formula is C13H28N2. The molecule has 0 spiro atoms. The summed E-state index contributed by atoms with van der Waals surface area (Å²) in [5.74, 6) is 0. The Kier molecular flexibility index (Phi) is 6.26. The highest BCUT2D eigenvalue weighted by Gasteiger charge is 2.22. The van der Waals surface area contributed by atoms with Crippen LogP contribution in [0.5, 0.6) is 0 Å². The van der Waals surface area contributed by atoms with E-state index in [1.807, 2.05) is 0 Å². The van der Waals surface area contributed by atoms with E-state index in [0.29, 0.717) is 0 Å². The summed E-state index contributed by atoms with van der Waals surface area (Å²) in [6.45, 7) is 13.2. The summed E-state index contributed by atoms with van der Waals surface area (Å²) < 4.78 is 0. The zero-order valence-corrected chi connectivity index (χ0v) is 10.8. The van der Waals surface area contributed by atoms with Crippen LogP contribution in [0, 0.1) is 0 Å². The Labute approximate surface area is 95.6 Å². The predicted octanol–water partition coefficient (Wildman–Crippen LogP) is 2.59. The van der Waals surface area contributed by atoms with Crippen molar-refractivity contribution in [1.82, 2.24) is 9.80 Å². The number of nitrogens with zero attached hydrogens (tertiary/aromatic N) is 2. The molecule has 0 aromatic carbocycles. The second-order valence-electron chi connectivity index (χ2n) is 4.67. The molecule has 1 fully saturated rings.